The molecule has 0 aromatic heterocycles. The van der Waals surface area contributed by atoms with Crippen LogP contribution in [0.5, 0.6) is 5.75 Å². The van der Waals surface area contributed by atoms with Gasteiger partial charge in [0, 0.05) is 6.07 Å². The first kappa shape index (κ1) is 9.44. The number of hydrogen-bond acceptors (Lipinski definition) is 3. The van der Waals surface area contributed by atoms with Crippen LogP contribution >= 0.6 is 0 Å². The molecule has 0 spiro atoms. The summed E-state index contributed by atoms with van der Waals surface area (Å²) in [6.45, 7) is 2.02. The number of nitro groups is 1. The standard InChI is InChI=1S/C8H7FNO3/c1-2-13-8-4-6(9)3-7(5-8)10(11)12/h3-4H,2H2,1H3. The summed E-state index contributed by atoms with van der Waals surface area (Å²) in [6, 6.07) is 4.17. The van der Waals surface area contributed by atoms with Crippen LogP contribution < -0.4 is 4.74 Å². The van der Waals surface area contributed by atoms with E-state index in [2.05, 4.69) is 6.07 Å². The lowest BCUT2D eigenvalue weighted by Gasteiger charge is -2.01. The minimum Gasteiger partial charge on any atom is -0.493 e. The van der Waals surface area contributed by atoms with E-state index < -0.39 is 16.4 Å². The molecular formula is C8H7FNO3. The third kappa shape index (κ3) is 2.40. The van der Waals surface area contributed by atoms with Crippen molar-refractivity contribution in [3.8, 4) is 5.75 Å². The third-order valence-electron chi connectivity index (χ3n) is 1.29. The number of ether oxygens (including phenoxy) is 1. The quantitative estimate of drug-likeness (QED) is 0.532. The van der Waals surface area contributed by atoms with Gasteiger partial charge >= 0.3 is 0 Å². The zero-order valence-electron chi connectivity index (χ0n) is 6.91. The highest BCUT2D eigenvalue weighted by Crippen LogP contribution is 2.20. The summed E-state index contributed by atoms with van der Waals surface area (Å²) < 4.78 is 17.6. The SMILES string of the molecule is CCOc1[c]c([N+](=O)[O-])cc(F)c1. The molecular weight excluding hydrogens is 177 g/mol. The minimum atomic E-state index is -0.717. The Kier molecular flexibility index (Phi) is 2.79. The molecule has 1 radical (unpaired) electrons. The van der Waals surface area contributed by atoms with Crippen molar-refractivity contribution in [1.82, 2.24) is 0 Å². The molecule has 0 heterocycles. The molecule has 1 rings (SSSR count). The van der Waals surface area contributed by atoms with Gasteiger partial charge < -0.3 is 4.74 Å². The lowest BCUT2D eigenvalue weighted by Crippen LogP contribution is -1.95. The monoisotopic (exact) mass is 184 g/mol. The number of nitrogens with zero attached hydrogens (tertiary/aromatic N) is 1. The molecule has 0 saturated carbocycles. The van der Waals surface area contributed by atoms with E-state index >= 15 is 0 Å². The molecule has 0 unspecified atom stereocenters. The van der Waals surface area contributed by atoms with Crippen molar-refractivity contribution in [2.45, 2.75) is 6.92 Å². The van der Waals surface area contributed by atoms with Gasteiger partial charge in [-0.15, -0.1) is 0 Å². The van der Waals surface area contributed by atoms with Crippen molar-refractivity contribution in [1.29, 1.82) is 0 Å². The first-order valence-corrected chi connectivity index (χ1v) is 3.63. The van der Waals surface area contributed by atoms with E-state index in [0.717, 1.165) is 12.1 Å². The lowest BCUT2D eigenvalue weighted by molar-refractivity contribution is -0.385. The van der Waals surface area contributed by atoms with E-state index in [9.17, 15) is 14.5 Å². The second-order valence-electron chi connectivity index (χ2n) is 2.24. The molecule has 13 heavy (non-hydrogen) atoms. The average Bonchev–Trinajstić information content (AvgIpc) is 2.03. The fraction of sp³-hybridized carbons (Fsp3) is 0.250. The molecule has 69 valence electrons. The van der Waals surface area contributed by atoms with Gasteiger partial charge in [-0.1, -0.05) is 0 Å². The predicted molar refractivity (Wildman–Crippen MR) is 43.1 cm³/mol. The lowest BCUT2D eigenvalue weighted by atomic mass is 10.3. The van der Waals surface area contributed by atoms with Crippen LogP contribution in [0, 0.1) is 22.0 Å². The van der Waals surface area contributed by atoms with Gasteiger partial charge in [-0.2, -0.15) is 0 Å². The molecule has 0 aliphatic heterocycles. The average molecular weight is 184 g/mol. The normalized spacial score (nSPS) is 9.69. The summed E-state index contributed by atoms with van der Waals surface area (Å²) in [6.07, 6.45) is 0. The number of non-ortho nitro benzene ring substituents is 1. The first-order valence-electron chi connectivity index (χ1n) is 3.63. The van der Waals surface area contributed by atoms with Gasteiger partial charge in [0.15, 0.2) is 0 Å². The largest absolute Gasteiger partial charge is 0.493 e. The molecule has 0 amide bonds. The summed E-state index contributed by atoms with van der Waals surface area (Å²) >= 11 is 0. The van der Waals surface area contributed by atoms with Crippen LogP contribution in [0.4, 0.5) is 10.1 Å². The number of halogens is 1. The Bertz CT molecular complexity index is 327. The predicted octanol–water partition coefficient (Wildman–Crippen LogP) is 1.93. The minimum absolute atomic E-state index is 0.0502. The fourth-order valence-electron chi connectivity index (χ4n) is 0.828. The topological polar surface area (TPSA) is 52.4 Å². The Labute approximate surface area is 74.1 Å². The van der Waals surface area contributed by atoms with Crippen molar-refractivity contribution >= 4 is 5.69 Å². The van der Waals surface area contributed by atoms with Crippen molar-refractivity contribution in [3.63, 3.8) is 0 Å². The van der Waals surface area contributed by atoms with E-state index in [0.29, 0.717) is 6.61 Å². The highest BCUT2D eigenvalue weighted by atomic mass is 19.1. The second kappa shape index (κ2) is 3.84. The van der Waals surface area contributed by atoms with Crippen molar-refractivity contribution in [3.05, 3.63) is 34.1 Å². The number of hydrogen-bond donors (Lipinski definition) is 0. The van der Waals surface area contributed by atoms with E-state index in [4.69, 9.17) is 4.74 Å². The van der Waals surface area contributed by atoms with E-state index in [1.54, 1.807) is 6.92 Å². The number of rotatable bonds is 3. The van der Waals surface area contributed by atoms with Crippen molar-refractivity contribution < 1.29 is 14.1 Å². The molecule has 0 saturated heterocycles. The Hall–Kier alpha value is -1.65. The second-order valence-corrected chi connectivity index (χ2v) is 2.24. The van der Waals surface area contributed by atoms with Crippen LogP contribution in [0.15, 0.2) is 12.1 Å². The third-order valence-corrected chi connectivity index (χ3v) is 1.29. The first-order chi connectivity index (χ1) is 6.13. The summed E-state index contributed by atoms with van der Waals surface area (Å²) in [7, 11) is 0. The zero-order chi connectivity index (χ0) is 9.84. The van der Waals surface area contributed by atoms with Crippen LogP contribution in [0.25, 0.3) is 0 Å². The Balaban J connectivity index is 3.03. The Morgan fingerprint density at radius 1 is 1.69 bits per heavy atom. The molecule has 0 aliphatic rings. The maximum atomic E-state index is 12.7. The number of nitro benzene ring substituents is 1. The maximum absolute atomic E-state index is 12.7. The van der Waals surface area contributed by atoms with E-state index in [1.165, 1.54) is 0 Å². The van der Waals surface area contributed by atoms with Crippen LogP contribution in [0.1, 0.15) is 6.92 Å². The van der Waals surface area contributed by atoms with Gasteiger partial charge in [-0.3, -0.25) is 10.1 Å². The number of benzene rings is 1. The molecule has 0 bridgehead atoms. The van der Waals surface area contributed by atoms with Crippen LogP contribution in [-0.4, -0.2) is 11.5 Å². The van der Waals surface area contributed by atoms with Gasteiger partial charge in [0.2, 0.25) is 0 Å². The molecule has 0 aliphatic carbocycles. The van der Waals surface area contributed by atoms with Crippen molar-refractivity contribution in [2.75, 3.05) is 6.61 Å². The van der Waals surface area contributed by atoms with E-state index in [1.807, 2.05) is 0 Å². The summed E-state index contributed by atoms with van der Waals surface area (Å²) in [5.74, 6) is -0.650. The summed E-state index contributed by atoms with van der Waals surface area (Å²) in [5.41, 5.74) is -0.427. The van der Waals surface area contributed by atoms with Crippen LogP contribution in [0.3, 0.4) is 0 Å². The summed E-state index contributed by atoms with van der Waals surface area (Å²) in [5, 5.41) is 10.3. The molecule has 5 heteroatoms. The highest BCUT2D eigenvalue weighted by molar-refractivity contribution is 5.37. The van der Waals surface area contributed by atoms with Gasteiger partial charge in [0.05, 0.1) is 17.6 Å². The van der Waals surface area contributed by atoms with Crippen LogP contribution in [0.2, 0.25) is 0 Å². The van der Waals surface area contributed by atoms with Gasteiger partial charge in [-0.25, -0.2) is 4.39 Å². The fourth-order valence-corrected chi connectivity index (χ4v) is 0.828. The molecule has 0 N–H and O–H groups in total. The maximum Gasteiger partial charge on any atom is 0.284 e. The molecule has 1 aromatic carbocycles. The Morgan fingerprint density at radius 3 is 2.92 bits per heavy atom. The van der Waals surface area contributed by atoms with Crippen LogP contribution in [-0.2, 0) is 0 Å². The molecule has 0 fully saturated rings. The molecule has 1 aromatic rings. The van der Waals surface area contributed by atoms with E-state index in [-0.39, 0.29) is 5.75 Å². The van der Waals surface area contributed by atoms with Gasteiger partial charge in [0.25, 0.3) is 5.69 Å². The molecule has 0 atom stereocenters. The molecule has 4 nitrogen and oxygen atoms in total. The Morgan fingerprint density at radius 2 is 2.38 bits per heavy atom. The zero-order valence-corrected chi connectivity index (χ0v) is 6.91. The van der Waals surface area contributed by atoms with Crippen molar-refractivity contribution in [2.24, 2.45) is 0 Å². The van der Waals surface area contributed by atoms with Gasteiger partial charge in [-0.05, 0) is 6.92 Å². The van der Waals surface area contributed by atoms with Gasteiger partial charge in [0.1, 0.15) is 17.6 Å². The highest BCUT2D eigenvalue weighted by Gasteiger charge is 2.10. The summed E-state index contributed by atoms with van der Waals surface area (Å²) in [4.78, 5) is 9.55. The smallest absolute Gasteiger partial charge is 0.284 e.